The number of hydrogen-bond donors (Lipinski definition) is 4. The molecule has 0 spiro atoms. The maximum absolute atomic E-state index is 13.7. The zero-order valence-corrected chi connectivity index (χ0v) is 24.2. The summed E-state index contributed by atoms with van der Waals surface area (Å²) >= 11 is 1.63. The van der Waals surface area contributed by atoms with Gasteiger partial charge in [0.05, 0.1) is 6.61 Å². The number of carboxylic acids is 1. The van der Waals surface area contributed by atoms with Gasteiger partial charge in [0, 0.05) is 30.8 Å². The van der Waals surface area contributed by atoms with Crippen LogP contribution in [0, 0.1) is 5.92 Å². The Labute approximate surface area is 226 Å². The highest BCUT2D eigenvalue weighted by atomic mass is 32.2. The molecule has 1 heterocycles. The number of hydrogen-bond acceptors (Lipinski definition) is 7. The number of carboxylic acid groups (broad SMARTS) is 1. The average Bonchev–Trinajstić information content (AvgIpc) is 3.29. The first-order valence-corrected chi connectivity index (χ1v) is 14.3. The van der Waals surface area contributed by atoms with Crippen molar-refractivity contribution in [2.45, 2.75) is 115 Å². The number of nitrogens with one attached hydrogen (secondary N) is 2. The minimum Gasteiger partial charge on any atom is -0.481 e. The summed E-state index contributed by atoms with van der Waals surface area (Å²) in [6.45, 7) is 12.5. The molecule has 0 bridgehead atoms. The number of ether oxygens (including phenoxy) is 1. The molecule has 0 aromatic carbocycles. The van der Waals surface area contributed by atoms with E-state index in [1.54, 1.807) is 16.7 Å². The van der Waals surface area contributed by atoms with Crippen LogP contribution in [0.2, 0.25) is 0 Å². The van der Waals surface area contributed by atoms with Gasteiger partial charge in [0.2, 0.25) is 11.8 Å². The van der Waals surface area contributed by atoms with Crippen molar-refractivity contribution in [2.24, 2.45) is 11.7 Å². The summed E-state index contributed by atoms with van der Waals surface area (Å²) < 4.78 is 4.64. The molecule has 0 aromatic rings. The van der Waals surface area contributed by atoms with E-state index in [0.29, 0.717) is 38.5 Å². The lowest BCUT2D eigenvalue weighted by Gasteiger charge is -2.38. The van der Waals surface area contributed by atoms with E-state index in [9.17, 15) is 14.4 Å². The van der Waals surface area contributed by atoms with Gasteiger partial charge in [-0.25, -0.2) is 4.79 Å². The third-order valence-electron chi connectivity index (χ3n) is 6.48. The first-order valence-electron chi connectivity index (χ1n) is 13.4. The van der Waals surface area contributed by atoms with Gasteiger partial charge in [0.15, 0.2) is 0 Å². The Kier molecular flexibility index (Phi) is 14.3. The molecule has 2 aliphatic rings. The lowest BCUT2D eigenvalue weighted by Crippen LogP contribution is -2.60. The van der Waals surface area contributed by atoms with E-state index in [2.05, 4.69) is 24.5 Å². The summed E-state index contributed by atoms with van der Waals surface area (Å²) in [7, 11) is 0. The number of carbonyl (C=O) groups excluding carboxylic acids is 3. The average molecular weight is 545 g/mol. The second kappa shape index (κ2) is 16.1. The Morgan fingerprint density at radius 2 is 1.73 bits per heavy atom. The second-order valence-corrected chi connectivity index (χ2v) is 12.9. The van der Waals surface area contributed by atoms with Gasteiger partial charge in [0.25, 0.3) is 5.97 Å². The van der Waals surface area contributed by atoms with Crippen LogP contribution >= 0.6 is 11.8 Å². The molecule has 3 amide bonds. The zero-order chi connectivity index (χ0) is 28.2. The fourth-order valence-corrected chi connectivity index (χ4v) is 6.30. The van der Waals surface area contributed by atoms with Crippen molar-refractivity contribution >= 4 is 35.6 Å². The fraction of sp³-hybridized carbons (Fsp3) is 0.846. The Morgan fingerprint density at radius 1 is 1.14 bits per heavy atom. The summed E-state index contributed by atoms with van der Waals surface area (Å²) in [5.74, 6) is -0.705. The molecular weight excluding hydrogens is 496 g/mol. The standard InChI is InChI=1S/C24H44N4O4S.C2H4O2/c1-6-14-32-23(31)27-20(24(4,5)33-16(2)3)22(30)28-13-7-8-19(28)21(29)26-15-17-9-11-18(25)12-10-17;1-2(3)4/h16-20H,6-15,25H2,1-5H3,(H,26,29)(H,27,31);1H3,(H,3,4)/t17-,18-,19-,20-;/m0./s1. The van der Waals surface area contributed by atoms with Gasteiger partial charge >= 0.3 is 6.09 Å². The number of nitrogens with zero attached hydrogens (tertiary/aromatic N) is 1. The predicted molar refractivity (Wildman–Crippen MR) is 146 cm³/mol. The normalized spacial score (nSPS) is 22.5. The molecule has 0 unspecified atom stereocenters. The number of nitrogens with two attached hydrogens (primary N) is 1. The number of thioether (sulfide) groups is 1. The molecule has 1 saturated heterocycles. The van der Waals surface area contributed by atoms with Crippen LogP contribution in [0.4, 0.5) is 4.79 Å². The highest BCUT2D eigenvalue weighted by Gasteiger charge is 2.44. The monoisotopic (exact) mass is 544 g/mol. The van der Waals surface area contributed by atoms with Crippen molar-refractivity contribution in [3.8, 4) is 0 Å². The molecule has 214 valence electrons. The van der Waals surface area contributed by atoms with E-state index in [4.69, 9.17) is 20.4 Å². The van der Waals surface area contributed by atoms with Crippen molar-refractivity contribution in [1.82, 2.24) is 15.5 Å². The maximum Gasteiger partial charge on any atom is 0.407 e. The smallest absolute Gasteiger partial charge is 0.407 e. The number of amides is 3. The van der Waals surface area contributed by atoms with Crippen LogP contribution in [0.1, 0.15) is 86.5 Å². The third kappa shape index (κ3) is 11.9. The van der Waals surface area contributed by atoms with E-state index in [0.717, 1.165) is 39.0 Å². The zero-order valence-electron chi connectivity index (χ0n) is 23.4. The number of likely N-dealkylation sites (tertiary alicyclic amines) is 1. The summed E-state index contributed by atoms with van der Waals surface area (Å²) in [6.07, 6.45) is 5.57. The predicted octanol–water partition coefficient (Wildman–Crippen LogP) is 3.13. The molecule has 1 aliphatic heterocycles. The van der Waals surface area contributed by atoms with Gasteiger partial charge in [0.1, 0.15) is 12.1 Å². The molecule has 37 heavy (non-hydrogen) atoms. The molecule has 1 aliphatic carbocycles. The topological polar surface area (TPSA) is 151 Å². The summed E-state index contributed by atoms with van der Waals surface area (Å²) in [5.41, 5.74) is 5.99. The van der Waals surface area contributed by atoms with Crippen LogP contribution < -0.4 is 16.4 Å². The molecule has 5 N–H and O–H groups in total. The molecular formula is C26H48N4O6S. The van der Waals surface area contributed by atoms with Gasteiger partial charge in [-0.05, 0) is 70.0 Å². The number of carbonyl (C=O) groups is 4. The van der Waals surface area contributed by atoms with Crippen molar-refractivity contribution in [3.63, 3.8) is 0 Å². The Morgan fingerprint density at radius 3 is 2.27 bits per heavy atom. The maximum atomic E-state index is 13.7. The lowest BCUT2D eigenvalue weighted by molar-refractivity contribution is -0.140. The third-order valence-corrected chi connectivity index (χ3v) is 7.79. The second-order valence-electron chi connectivity index (χ2n) is 10.7. The largest absolute Gasteiger partial charge is 0.481 e. The van der Waals surface area contributed by atoms with E-state index >= 15 is 0 Å². The summed E-state index contributed by atoms with van der Waals surface area (Å²) in [6, 6.07) is -1.01. The highest BCUT2D eigenvalue weighted by Crippen LogP contribution is 2.34. The van der Waals surface area contributed by atoms with Crippen molar-refractivity contribution in [2.75, 3.05) is 19.7 Å². The van der Waals surface area contributed by atoms with Gasteiger partial charge in [-0.15, -0.1) is 0 Å². The van der Waals surface area contributed by atoms with E-state index < -0.39 is 28.9 Å². The Balaban J connectivity index is 0.00000159. The molecule has 0 radical (unpaired) electrons. The fourth-order valence-electron chi connectivity index (χ4n) is 4.79. The molecule has 2 rings (SSSR count). The minimum atomic E-state index is -0.833. The molecule has 11 heteroatoms. The Hall–Kier alpha value is -2.01. The van der Waals surface area contributed by atoms with E-state index in [-0.39, 0.29) is 23.1 Å². The van der Waals surface area contributed by atoms with Gasteiger partial charge in [-0.3, -0.25) is 14.4 Å². The van der Waals surface area contributed by atoms with E-state index in [1.165, 1.54) is 0 Å². The van der Waals surface area contributed by atoms with Crippen LogP contribution in [-0.4, -0.2) is 81.7 Å². The van der Waals surface area contributed by atoms with Crippen LogP contribution in [0.5, 0.6) is 0 Å². The van der Waals surface area contributed by atoms with Crippen LogP contribution in [0.15, 0.2) is 0 Å². The van der Waals surface area contributed by atoms with E-state index in [1.807, 2.05) is 20.8 Å². The molecule has 1 saturated carbocycles. The number of aliphatic carboxylic acids is 1. The minimum absolute atomic E-state index is 0.0997. The van der Waals surface area contributed by atoms with Gasteiger partial charge in [-0.1, -0.05) is 20.8 Å². The first-order chi connectivity index (χ1) is 17.3. The molecule has 2 atom stereocenters. The first kappa shape index (κ1) is 33.0. The van der Waals surface area contributed by atoms with Crippen LogP contribution in [-0.2, 0) is 19.1 Å². The molecule has 10 nitrogen and oxygen atoms in total. The van der Waals surface area contributed by atoms with Crippen molar-refractivity contribution in [3.05, 3.63) is 0 Å². The summed E-state index contributed by atoms with van der Waals surface area (Å²) in [5, 5.41) is 13.6. The molecule has 0 aromatic heterocycles. The highest BCUT2D eigenvalue weighted by molar-refractivity contribution is 8.01. The SMILES string of the molecule is CC(=O)O.CCCOC(=O)N[C@@H](C(=O)N1CCC[C@H]1C(=O)NC[C@H]1CC[C@H](N)CC1)C(C)(C)SC(C)C. The Bertz CT molecular complexity index is 751. The summed E-state index contributed by atoms with van der Waals surface area (Å²) in [4.78, 5) is 49.8. The van der Waals surface area contributed by atoms with Gasteiger partial charge in [-0.2, -0.15) is 11.8 Å². The number of alkyl carbamates (subject to hydrolysis) is 1. The molecule has 2 fully saturated rings. The number of rotatable bonds is 10. The van der Waals surface area contributed by atoms with Gasteiger partial charge < -0.3 is 31.1 Å². The van der Waals surface area contributed by atoms with Crippen LogP contribution in [0.3, 0.4) is 0 Å². The van der Waals surface area contributed by atoms with Crippen molar-refractivity contribution < 1.29 is 29.0 Å². The quantitative estimate of drug-likeness (QED) is 0.327. The van der Waals surface area contributed by atoms with Crippen molar-refractivity contribution in [1.29, 1.82) is 0 Å². The lowest BCUT2D eigenvalue weighted by atomic mass is 9.86. The van der Waals surface area contributed by atoms with Crippen LogP contribution in [0.25, 0.3) is 0 Å².